The Kier molecular flexibility index (Phi) is 6.08. The first kappa shape index (κ1) is 20.0. The van der Waals surface area contributed by atoms with E-state index in [0.29, 0.717) is 16.0 Å². The second-order valence-electron chi connectivity index (χ2n) is 6.06. The van der Waals surface area contributed by atoms with Gasteiger partial charge in [0, 0.05) is 18.4 Å². The molecule has 9 heteroatoms. The minimum atomic E-state index is -3.41. The Morgan fingerprint density at radius 1 is 1.07 bits per heavy atom. The third-order valence-electron chi connectivity index (χ3n) is 4.24. The Balaban J connectivity index is 1.81. The second-order valence-corrected chi connectivity index (χ2v) is 8.38. The molecule has 0 atom stereocenters. The van der Waals surface area contributed by atoms with E-state index in [9.17, 15) is 13.2 Å². The minimum Gasteiger partial charge on any atom is -0.347 e. The lowest BCUT2D eigenvalue weighted by Gasteiger charge is -2.12. The van der Waals surface area contributed by atoms with Crippen molar-refractivity contribution in [3.8, 4) is 5.69 Å². The van der Waals surface area contributed by atoms with Crippen LogP contribution in [0.4, 0.5) is 0 Å². The van der Waals surface area contributed by atoms with Crippen molar-refractivity contribution in [2.24, 2.45) is 0 Å². The number of H-pyrrole nitrogens is 1. The van der Waals surface area contributed by atoms with Gasteiger partial charge in [0.2, 0.25) is 10.0 Å². The van der Waals surface area contributed by atoms with Crippen LogP contribution in [-0.4, -0.2) is 30.9 Å². The molecule has 0 spiro atoms. The predicted octanol–water partition coefficient (Wildman–Crippen LogP) is 2.51. The van der Waals surface area contributed by atoms with Gasteiger partial charge in [0.05, 0.1) is 5.75 Å². The smallest absolute Gasteiger partial charge is 0.270 e. The van der Waals surface area contributed by atoms with Crippen molar-refractivity contribution >= 4 is 28.1 Å². The van der Waals surface area contributed by atoms with Crippen molar-refractivity contribution in [3.63, 3.8) is 0 Å². The van der Waals surface area contributed by atoms with Crippen LogP contribution in [0.3, 0.4) is 0 Å². The lowest BCUT2D eigenvalue weighted by molar-refractivity contribution is 0.0944. The summed E-state index contributed by atoms with van der Waals surface area (Å²) < 4.78 is 28.1. The van der Waals surface area contributed by atoms with E-state index in [1.807, 2.05) is 30.3 Å². The first-order chi connectivity index (χ1) is 13.4. The molecule has 3 aromatic rings. The molecule has 0 bridgehead atoms. The molecular weight excluding hydrogens is 396 g/mol. The molecule has 0 aliphatic rings. The van der Waals surface area contributed by atoms with E-state index >= 15 is 0 Å². The molecule has 0 unspecified atom stereocenters. The molecule has 1 heterocycles. The highest BCUT2D eigenvalue weighted by Crippen LogP contribution is 2.14. The number of sulfonamides is 1. The fraction of sp³-hybridized carbons (Fsp3) is 0.158. The summed E-state index contributed by atoms with van der Waals surface area (Å²) >= 11 is 5.30. The average molecular weight is 417 g/mol. The zero-order chi connectivity index (χ0) is 20.1. The molecule has 0 radical (unpaired) electrons. The fourth-order valence-electron chi connectivity index (χ4n) is 2.78. The standard InChI is InChI=1S/C19H20N4O3S2/c1-20-28(25,26)13-15-8-6-5-7-14(15)11-21-18(24)17-12-22-19(27)23(17)16-9-3-2-4-10-16/h2-10,12,20H,11,13H2,1H3,(H,21,24)(H,22,27). The zero-order valence-corrected chi connectivity index (χ0v) is 16.8. The van der Waals surface area contributed by atoms with Gasteiger partial charge in [-0.15, -0.1) is 0 Å². The number of carbonyl (C=O) groups is 1. The third kappa shape index (κ3) is 4.56. The van der Waals surface area contributed by atoms with Crippen molar-refractivity contribution in [1.29, 1.82) is 0 Å². The van der Waals surface area contributed by atoms with E-state index in [4.69, 9.17) is 12.2 Å². The van der Waals surface area contributed by atoms with Crippen molar-refractivity contribution < 1.29 is 13.2 Å². The van der Waals surface area contributed by atoms with Crippen LogP contribution in [0.2, 0.25) is 0 Å². The summed E-state index contributed by atoms with van der Waals surface area (Å²) in [6.07, 6.45) is 1.56. The number of hydrogen-bond donors (Lipinski definition) is 3. The molecule has 1 amide bonds. The Bertz CT molecular complexity index is 1140. The number of nitrogens with one attached hydrogen (secondary N) is 3. The first-order valence-electron chi connectivity index (χ1n) is 8.53. The largest absolute Gasteiger partial charge is 0.347 e. The van der Waals surface area contributed by atoms with E-state index in [2.05, 4.69) is 15.0 Å². The number of para-hydroxylation sites is 1. The summed E-state index contributed by atoms with van der Waals surface area (Å²) in [6.45, 7) is 0.195. The molecule has 146 valence electrons. The molecule has 3 N–H and O–H groups in total. The minimum absolute atomic E-state index is 0.153. The molecule has 1 aromatic heterocycles. The van der Waals surface area contributed by atoms with E-state index in [-0.39, 0.29) is 18.2 Å². The van der Waals surface area contributed by atoms with Gasteiger partial charge in [0.25, 0.3) is 5.91 Å². The fourth-order valence-corrected chi connectivity index (χ4v) is 3.88. The van der Waals surface area contributed by atoms with Gasteiger partial charge in [0.1, 0.15) is 5.69 Å². The Labute approximate surface area is 168 Å². The molecule has 0 aliphatic carbocycles. The molecule has 0 fully saturated rings. The Morgan fingerprint density at radius 3 is 2.39 bits per heavy atom. The topological polar surface area (TPSA) is 96.0 Å². The van der Waals surface area contributed by atoms with Crippen LogP contribution in [0.5, 0.6) is 0 Å². The zero-order valence-electron chi connectivity index (χ0n) is 15.2. The predicted molar refractivity (Wildman–Crippen MR) is 110 cm³/mol. The number of carbonyl (C=O) groups excluding carboxylic acids is 1. The normalized spacial score (nSPS) is 11.3. The summed E-state index contributed by atoms with van der Waals surface area (Å²) in [6, 6.07) is 16.4. The van der Waals surface area contributed by atoms with E-state index in [0.717, 1.165) is 11.3 Å². The van der Waals surface area contributed by atoms with Gasteiger partial charge in [-0.2, -0.15) is 0 Å². The summed E-state index contributed by atoms with van der Waals surface area (Å²) in [4.78, 5) is 15.6. The van der Waals surface area contributed by atoms with E-state index < -0.39 is 10.0 Å². The maximum atomic E-state index is 12.7. The third-order valence-corrected chi connectivity index (χ3v) is 5.85. The van der Waals surface area contributed by atoms with Gasteiger partial charge in [-0.3, -0.25) is 9.36 Å². The number of rotatable bonds is 7. The number of aromatic amines is 1. The van der Waals surface area contributed by atoms with Gasteiger partial charge < -0.3 is 10.3 Å². The number of hydrogen-bond acceptors (Lipinski definition) is 4. The van der Waals surface area contributed by atoms with Gasteiger partial charge in [-0.25, -0.2) is 13.1 Å². The molecule has 2 aromatic carbocycles. The molecule has 3 rings (SSSR count). The quantitative estimate of drug-likeness (QED) is 0.516. The monoisotopic (exact) mass is 416 g/mol. The molecule has 0 aliphatic heterocycles. The second kappa shape index (κ2) is 8.51. The summed E-state index contributed by atoms with van der Waals surface area (Å²) in [5, 5.41) is 2.84. The van der Waals surface area contributed by atoms with Crippen LogP contribution in [0.25, 0.3) is 5.69 Å². The number of aromatic nitrogens is 2. The maximum absolute atomic E-state index is 12.7. The Morgan fingerprint density at radius 2 is 1.71 bits per heavy atom. The molecule has 0 saturated carbocycles. The summed E-state index contributed by atoms with van der Waals surface area (Å²) in [5.74, 6) is -0.470. The van der Waals surface area contributed by atoms with E-state index in [1.165, 1.54) is 7.05 Å². The lowest BCUT2D eigenvalue weighted by Crippen LogP contribution is -2.26. The number of amides is 1. The van der Waals surface area contributed by atoms with Gasteiger partial charge >= 0.3 is 0 Å². The van der Waals surface area contributed by atoms with Crippen molar-refractivity contribution in [2.75, 3.05) is 7.05 Å². The number of benzene rings is 2. The Hall–Kier alpha value is -2.75. The summed E-state index contributed by atoms with van der Waals surface area (Å²) in [7, 11) is -2.04. The van der Waals surface area contributed by atoms with Crippen molar-refractivity contribution in [1.82, 2.24) is 19.6 Å². The average Bonchev–Trinajstić information content (AvgIpc) is 3.09. The molecule has 28 heavy (non-hydrogen) atoms. The first-order valence-corrected chi connectivity index (χ1v) is 10.6. The molecule has 0 saturated heterocycles. The number of nitrogens with zero attached hydrogens (tertiary/aromatic N) is 1. The van der Waals surface area contributed by atoms with Crippen molar-refractivity contribution in [2.45, 2.75) is 12.3 Å². The van der Waals surface area contributed by atoms with Crippen LogP contribution in [0, 0.1) is 4.77 Å². The van der Waals surface area contributed by atoms with Crippen LogP contribution >= 0.6 is 12.2 Å². The maximum Gasteiger partial charge on any atom is 0.270 e. The van der Waals surface area contributed by atoms with Crippen LogP contribution < -0.4 is 10.0 Å². The van der Waals surface area contributed by atoms with Gasteiger partial charge in [-0.05, 0) is 42.5 Å². The van der Waals surface area contributed by atoms with Gasteiger partial charge in [-0.1, -0.05) is 42.5 Å². The number of imidazole rings is 1. The molecule has 7 nitrogen and oxygen atoms in total. The van der Waals surface area contributed by atoms with Crippen LogP contribution in [0.15, 0.2) is 60.8 Å². The van der Waals surface area contributed by atoms with Gasteiger partial charge in [0.15, 0.2) is 4.77 Å². The van der Waals surface area contributed by atoms with Crippen LogP contribution in [0.1, 0.15) is 21.6 Å². The highest BCUT2D eigenvalue weighted by atomic mass is 32.2. The SMILES string of the molecule is CNS(=O)(=O)Cc1ccccc1CNC(=O)c1c[nH]c(=S)n1-c1ccccc1. The highest BCUT2D eigenvalue weighted by Gasteiger charge is 2.16. The molecular formula is C19H20N4O3S2. The lowest BCUT2D eigenvalue weighted by atomic mass is 10.1. The van der Waals surface area contributed by atoms with Crippen LogP contribution in [-0.2, 0) is 22.3 Å². The highest BCUT2D eigenvalue weighted by molar-refractivity contribution is 7.88. The summed E-state index contributed by atoms with van der Waals surface area (Å²) in [5.41, 5.74) is 2.51. The van der Waals surface area contributed by atoms with E-state index in [1.54, 1.807) is 35.0 Å². The van der Waals surface area contributed by atoms with Crippen molar-refractivity contribution in [3.05, 3.63) is 82.4 Å².